The van der Waals surface area contributed by atoms with Crippen molar-refractivity contribution in [3.63, 3.8) is 0 Å². The van der Waals surface area contributed by atoms with E-state index >= 15 is 0 Å². The van der Waals surface area contributed by atoms with Crippen molar-refractivity contribution in [2.45, 2.75) is 193 Å². The maximum atomic E-state index is 14.8. The van der Waals surface area contributed by atoms with E-state index < -0.39 is 120 Å². The minimum Gasteiger partial charge on any atom is -0.458 e. The first-order valence-corrected chi connectivity index (χ1v) is 23.5. The van der Waals surface area contributed by atoms with Crippen LogP contribution in [0.1, 0.15) is 107 Å². The molecule has 4 aliphatic heterocycles. The summed E-state index contributed by atoms with van der Waals surface area (Å²) in [6.45, 7) is 18.8. The number of rotatable bonds is 12. The number of benzene rings is 1. The number of esters is 2. The molecule has 4 heterocycles. The molecule has 0 N–H and O–H groups in total. The van der Waals surface area contributed by atoms with Gasteiger partial charge in [-0.3, -0.25) is 14.4 Å². The molecule has 0 unspecified atom stereocenters. The smallest absolute Gasteiger partial charge is 0.458 e. The van der Waals surface area contributed by atoms with Gasteiger partial charge in [-0.25, -0.2) is 9.59 Å². The SMILES string of the molecule is CC[C@H]1OC(=O)[C@H](C)[C@@H](O[C@H]2C[C@@](C)(OC)[C@@H](OC(=O)OCc3ccccc3)[C@H](C)O2)[C@H](C)[C@@H](O[C@@H]2O[C@H](C)C[C@H](N(C)C)[C@H]2OC(C)=O)[C@](C)(OC)C[C@@H](C)C(=O)[C@H](C)[C@H]2OC(=O)O[C@@]21C. The summed E-state index contributed by atoms with van der Waals surface area (Å²) in [5.74, 6) is -4.97. The molecule has 18 atom stereocenters. The lowest BCUT2D eigenvalue weighted by atomic mass is 9.74. The highest BCUT2D eigenvalue weighted by Gasteiger charge is 2.60. The Morgan fingerprint density at radius 2 is 1.45 bits per heavy atom. The number of cyclic esters (lactones) is 1. The number of methoxy groups -OCH3 is 2. The van der Waals surface area contributed by atoms with Crippen LogP contribution in [0.2, 0.25) is 0 Å². The molecular weight excluding hydrogens is 875 g/mol. The number of ketones is 1. The Bertz CT molecular complexity index is 1870. The zero-order chi connectivity index (χ0) is 49.8. The molecule has 0 radical (unpaired) electrons. The van der Waals surface area contributed by atoms with Gasteiger partial charge in [0.05, 0.1) is 47.9 Å². The molecule has 0 aliphatic carbocycles. The lowest BCUT2D eigenvalue weighted by Crippen LogP contribution is -2.62. The van der Waals surface area contributed by atoms with Gasteiger partial charge in [0.25, 0.3) is 0 Å². The van der Waals surface area contributed by atoms with Crippen molar-refractivity contribution in [1.29, 1.82) is 0 Å². The number of nitrogens with zero attached hydrogens (tertiary/aromatic N) is 1. The molecular formula is C49H75NO17. The Kier molecular flexibility index (Phi) is 17.9. The molecule has 18 heteroatoms. The van der Waals surface area contributed by atoms with Crippen molar-refractivity contribution < 1.29 is 80.8 Å². The molecule has 0 amide bonds. The zero-order valence-corrected chi connectivity index (χ0v) is 42.0. The fourth-order valence-corrected chi connectivity index (χ4v) is 10.6. The van der Waals surface area contributed by atoms with Gasteiger partial charge in [0, 0.05) is 39.4 Å². The molecule has 0 spiro atoms. The normalized spacial score (nSPS) is 41.0. The first-order chi connectivity index (χ1) is 31.4. The van der Waals surface area contributed by atoms with E-state index in [4.69, 9.17) is 56.8 Å². The van der Waals surface area contributed by atoms with Crippen LogP contribution in [0.15, 0.2) is 30.3 Å². The summed E-state index contributed by atoms with van der Waals surface area (Å²) in [5.41, 5.74) is -3.26. The Balaban J connectivity index is 1.58. The van der Waals surface area contributed by atoms with Gasteiger partial charge in [-0.15, -0.1) is 0 Å². The average molecular weight is 950 g/mol. The van der Waals surface area contributed by atoms with Gasteiger partial charge in [0.2, 0.25) is 0 Å². The van der Waals surface area contributed by atoms with E-state index in [1.54, 1.807) is 55.4 Å². The van der Waals surface area contributed by atoms with E-state index in [2.05, 4.69) is 0 Å². The second-order valence-electron chi connectivity index (χ2n) is 19.7. The van der Waals surface area contributed by atoms with Gasteiger partial charge in [-0.05, 0) is 80.5 Å². The number of likely N-dealkylation sites (N-methyl/N-ethyl adjacent to an activating group) is 1. The van der Waals surface area contributed by atoms with Gasteiger partial charge in [0.15, 0.2) is 36.5 Å². The third-order valence-electron chi connectivity index (χ3n) is 14.4. The summed E-state index contributed by atoms with van der Waals surface area (Å²) in [6.07, 6.45) is -10.5. The maximum absolute atomic E-state index is 14.8. The van der Waals surface area contributed by atoms with Crippen molar-refractivity contribution in [3.05, 3.63) is 35.9 Å². The molecule has 4 fully saturated rings. The third-order valence-corrected chi connectivity index (χ3v) is 14.4. The number of carbonyl (C=O) groups excluding carboxylic acids is 5. The first-order valence-electron chi connectivity index (χ1n) is 23.5. The van der Waals surface area contributed by atoms with E-state index in [9.17, 15) is 24.0 Å². The van der Waals surface area contributed by atoms with Crippen LogP contribution in [0.5, 0.6) is 0 Å². The highest BCUT2D eigenvalue weighted by molar-refractivity contribution is 5.84. The van der Waals surface area contributed by atoms with Gasteiger partial charge >= 0.3 is 24.2 Å². The van der Waals surface area contributed by atoms with Crippen molar-refractivity contribution in [2.24, 2.45) is 23.7 Å². The van der Waals surface area contributed by atoms with E-state index in [0.29, 0.717) is 6.42 Å². The number of carbonyl (C=O) groups is 5. The number of hydrogen-bond acceptors (Lipinski definition) is 18. The first kappa shape index (κ1) is 54.0. The summed E-state index contributed by atoms with van der Waals surface area (Å²) in [6, 6.07) is 8.88. The summed E-state index contributed by atoms with van der Waals surface area (Å²) < 4.78 is 74.6. The second-order valence-corrected chi connectivity index (χ2v) is 19.7. The molecule has 378 valence electrons. The van der Waals surface area contributed by atoms with E-state index in [1.165, 1.54) is 21.1 Å². The zero-order valence-electron chi connectivity index (χ0n) is 42.0. The summed E-state index contributed by atoms with van der Waals surface area (Å²) >= 11 is 0. The molecule has 1 aromatic carbocycles. The summed E-state index contributed by atoms with van der Waals surface area (Å²) in [5, 5.41) is 0. The van der Waals surface area contributed by atoms with Gasteiger partial charge < -0.3 is 61.7 Å². The van der Waals surface area contributed by atoms with Crippen LogP contribution in [0.4, 0.5) is 9.59 Å². The predicted octanol–water partition coefficient (Wildman–Crippen LogP) is 6.55. The van der Waals surface area contributed by atoms with Crippen LogP contribution in [0, 0.1) is 23.7 Å². The lowest BCUT2D eigenvalue weighted by molar-refractivity contribution is -0.320. The molecule has 4 aliphatic rings. The summed E-state index contributed by atoms with van der Waals surface area (Å²) in [7, 11) is 6.77. The van der Waals surface area contributed by atoms with Crippen LogP contribution < -0.4 is 0 Å². The van der Waals surface area contributed by atoms with E-state index in [-0.39, 0.29) is 43.8 Å². The van der Waals surface area contributed by atoms with Crippen molar-refractivity contribution in [2.75, 3.05) is 28.3 Å². The summed E-state index contributed by atoms with van der Waals surface area (Å²) in [4.78, 5) is 69.9. The molecule has 0 bridgehead atoms. The van der Waals surface area contributed by atoms with Crippen LogP contribution >= 0.6 is 0 Å². The standard InChI is InChI=1S/C49H75NO17/c1-16-35-49(11)41(65-46(55)67-49)28(4)37(52)26(2)23-47(9,56-14)40(64-44-39(61-32(8)51)34(50(12)13)22-27(3)59-44)29(5)38(30(6)43(53)62-35)63-36-24-48(10,57-15)42(31(7)60-36)66-45(54)58-25-33-20-18-17-19-21-33/h17-21,26-31,34-36,38-42,44H,16,22-25H2,1-15H3/t26-,27-,28+,29+,30-,31+,34+,35-,36+,38+,39-,40-,41-,42+,44+,47-,48-,49-/m1/s1. The van der Waals surface area contributed by atoms with Crippen LogP contribution in [0.3, 0.4) is 0 Å². The Hall–Kier alpha value is -3.91. The average Bonchev–Trinajstić information content (AvgIpc) is 3.60. The third kappa shape index (κ3) is 12.1. The minimum absolute atomic E-state index is 0.00337. The van der Waals surface area contributed by atoms with Crippen LogP contribution in [0.25, 0.3) is 0 Å². The van der Waals surface area contributed by atoms with Gasteiger partial charge in [-0.1, -0.05) is 58.0 Å². The Morgan fingerprint density at radius 1 is 0.806 bits per heavy atom. The van der Waals surface area contributed by atoms with Crippen molar-refractivity contribution in [3.8, 4) is 0 Å². The number of hydrogen-bond donors (Lipinski definition) is 0. The second kappa shape index (κ2) is 22.2. The van der Waals surface area contributed by atoms with E-state index in [0.717, 1.165) is 5.56 Å². The topological polar surface area (TPSA) is 199 Å². The van der Waals surface area contributed by atoms with Crippen molar-refractivity contribution in [1.82, 2.24) is 4.90 Å². The fraction of sp³-hybridized carbons (Fsp3) is 0.776. The molecule has 0 saturated carbocycles. The molecule has 5 rings (SSSR count). The minimum atomic E-state index is -1.53. The quantitative estimate of drug-likeness (QED) is 0.161. The van der Waals surface area contributed by atoms with Crippen LogP contribution in [-0.4, -0.2) is 148 Å². The Morgan fingerprint density at radius 3 is 2.04 bits per heavy atom. The molecule has 67 heavy (non-hydrogen) atoms. The van der Waals surface area contributed by atoms with Crippen molar-refractivity contribution >= 4 is 30.0 Å². The highest BCUT2D eigenvalue weighted by Crippen LogP contribution is 2.44. The highest BCUT2D eigenvalue weighted by atomic mass is 16.8. The molecule has 1 aromatic rings. The molecule has 0 aromatic heterocycles. The predicted molar refractivity (Wildman–Crippen MR) is 239 cm³/mol. The Labute approximate surface area is 395 Å². The largest absolute Gasteiger partial charge is 0.509 e. The number of fused-ring (bicyclic) bond motifs is 1. The monoisotopic (exact) mass is 950 g/mol. The fourth-order valence-electron chi connectivity index (χ4n) is 10.6. The van der Waals surface area contributed by atoms with Crippen LogP contribution in [-0.2, 0) is 77.8 Å². The van der Waals surface area contributed by atoms with Gasteiger partial charge in [-0.2, -0.15) is 0 Å². The number of Topliss-reactive ketones (excluding diaryl/α,β-unsaturated/α-hetero) is 1. The van der Waals surface area contributed by atoms with Gasteiger partial charge in [0.1, 0.15) is 24.1 Å². The van der Waals surface area contributed by atoms with E-state index in [1.807, 2.05) is 63.2 Å². The molecule has 4 saturated heterocycles. The molecule has 18 nitrogen and oxygen atoms in total. The number of ether oxygens (including phenoxy) is 12. The lowest BCUT2D eigenvalue weighted by Gasteiger charge is -2.50. The maximum Gasteiger partial charge on any atom is 0.509 e.